The minimum atomic E-state index is -0.565. The van der Waals surface area contributed by atoms with Crippen LogP contribution in [0, 0.1) is 5.82 Å². The Balaban J connectivity index is 1.69. The van der Waals surface area contributed by atoms with E-state index in [1.54, 1.807) is 24.3 Å². The highest BCUT2D eigenvalue weighted by Crippen LogP contribution is 2.24. The second kappa shape index (κ2) is 8.54. The highest BCUT2D eigenvalue weighted by Gasteiger charge is 2.12. The van der Waals surface area contributed by atoms with Gasteiger partial charge in [0, 0.05) is 16.8 Å². The first-order chi connectivity index (χ1) is 13.5. The van der Waals surface area contributed by atoms with Crippen LogP contribution >= 0.6 is 11.6 Å². The lowest BCUT2D eigenvalue weighted by Gasteiger charge is -2.10. The minimum Gasteiger partial charge on any atom is -0.495 e. The fourth-order valence-electron chi connectivity index (χ4n) is 2.49. The van der Waals surface area contributed by atoms with Crippen LogP contribution in [-0.2, 0) is 0 Å². The van der Waals surface area contributed by atoms with Gasteiger partial charge < -0.3 is 15.4 Å². The summed E-state index contributed by atoms with van der Waals surface area (Å²) in [5, 5.41) is 5.30. The van der Waals surface area contributed by atoms with E-state index >= 15 is 0 Å². The molecule has 0 aliphatic rings. The maximum Gasteiger partial charge on any atom is 0.255 e. The van der Waals surface area contributed by atoms with Gasteiger partial charge in [0.1, 0.15) is 11.6 Å². The molecular weight excluding hydrogens is 383 g/mol. The average molecular weight is 399 g/mol. The lowest BCUT2D eigenvalue weighted by atomic mass is 10.1. The van der Waals surface area contributed by atoms with Gasteiger partial charge in [0.25, 0.3) is 11.8 Å². The van der Waals surface area contributed by atoms with E-state index in [1.165, 1.54) is 49.6 Å². The average Bonchev–Trinajstić information content (AvgIpc) is 2.71. The van der Waals surface area contributed by atoms with E-state index in [2.05, 4.69) is 10.6 Å². The highest BCUT2D eigenvalue weighted by atomic mass is 35.5. The quantitative estimate of drug-likeness (QED) is 0.636. The van der Waals surface area contributed by atoms with E-state index in [1.807, 2.05) is 0 Å². The zero-order valence-electron chi connectivity index (χ0n) is 14.8. The number of anilines is 2. The first kappa shape index (κ1) is 19.4. The fourth-order valence-corrected chi connectivity index (χ4v) is 2.67. The van der Waals surface area contributed by atoms with Crippen molar-refractivity contribution in [3.8, 4) is 5.75 Å². The molecule has 0 aliphatic carbocycles. The summed E-state index contributed by atoms with van der Waals surface area (Å²) in [6, 6.07) is 17.1. The first-order valence-corrected chi connectivity index (χ1v) is 8.66. The molecule has 3 aromatic rings. The number of amides is 2. The Labute approximate surface area is 166 Å². The van der Waals surface area contributed by atoms with Crippen LogP contribution in [0.4, 0.5) is 15.8 Å². The zero-order valence-corrected chi connectivity index (χ0v) is 15.6. The van der Waals surface area contributed by atoms with Crippen molar-refractivity contribution in [1.82, 2.24) is 0 Å². The predicted molar refractivity (Wildman–Crippen MR) is 107 cm³/mol. The van der Waals surface area contributed by atoms with Crippen molar-refractivity contribution in [1.29, 1.82) is 0 Å². The highest BCUT2D eigenvalue weighted by molar-refractivity contribution is 6.31. The topological polar surface area (TPSA) is 67.4 Å². The number of para-hydroxylation sites is 2. The summed E-state index contributed by atoms with van der Waals surface area (Å²) in [4.78, 5) is 24.7. The van der Waals surface area contributed by atoms with Crippen LogP contribution in [0.2, 0.25) is 5.02 Å². The van der Waals surface area contributed by atoms with Gasteiger partial charge in [0.05, 0.1) is 17.8 Å². The molecule has 0 saturated carbocycles. The van der Waals surface area contributed by atoms with Crippen LogP contribution in [-0.4, -0.2) is 18.9 Å². The van der Waals surface area contributed by atoms with Gasteiger partial charge in [-0.05, 0) is 54.6 Å². The van der Waals surface area contributed by atoms with E-state index < -0.39 is 11.7 Å². The molecule has 0 heterocycles. The number of hydrogen-bond donors (Lipinski definition) is 2. The van der Waals surface area contributed by atoms with Gasteiger partial charge in [-0.15, -0.1) is 0 Å². The van der Waals surface area contributed by atoms with Gasteiger partial charge in [-0.1, -0.05) is 23.7 Å². The summed E-state index contributed by atoms with van der Waals surface area (Å²) < 4.78 is 18.4. The molecule has 2 amide bonds. The third-order valence-electron chi connectivity index (χ3n) is 3.94. The molecule has 3 rings (SSSR count). The molecule has 142 valence electrons. The van der Waals surface area contributed by atoms with Crippen molar-refractivity contribution in [3.63, 3.8) is 0 Å². The number of rotatable bonds is 5. The van der Waals surface area contributed by atoms with Crippen LogP contribution in [0.3, 0.4) is 0 Å². The predicted octanol–water partition coefficient (Wildman–Crippen LogP) is 4.99. The molecular formula is C21H16ClFN2O3. The van der Waals surface area contributed by atoms with Crippen LogP contribution in [0.25, 0.3) is 0 Å². The van der Waals surface area contributed by atoms with Gasteiger partial charge in [-0.25, -0.2) is 4.39 Å². The molecule has 0 bridgehead atoms. The third-order valence-corrected chi connectivity index (χ3v) is 4.23. The summed E-state index contributed by atoms with van der Waals surface area (Å²) in [7, 11) is 1.52. The minimum absolute atomic E-state index is 0.0823. The zero-order chi connectivity index (χ0) is 20.1. The Morgan fingerprint density at radius 2 is 1.50 bits per heavy atom. The Kier molecular flexibility index (Phi) is 5.91. The SMILES string of the molecule is COc1ccccc1NC(=O)c1ccc(C(=O)Nc2ccc(F)c(Cl)c2)cc1. The van der Waals surface area contributed by atoms with E-state index in [9.17, 15) is 14.0 Å². The molecule has 0 saturated heterocycles. The summed E-state index contributed by atoms with van der Waals surface area (Å²) in [5.74, 6) is -0.754. The van der Waals surface area contributed by atoms with Crippen molar-refractivity contribution in [2.45, 2.75) is 0 Å². The maximum atomic E-state index is 13.2. The van der Waals surface area contributed by atoms with E-state index in [-0.39, 0.29) is 10.9 Å². The number of halogens is 2. The summed E-state index contributed by atoms with van der Waals surface area (Å²) in [5.41, 5.74) is 1.64. The monoisotopic (exact) mass is 398 g/mol. The molecule has 2 N–H and O–H groups in total. The van der Waals surface area contributed by atoms with Crippen LogP contribution in [0.1, 0.15) is 20.7 Å². The van der Waals surface area contributed by atoms with Crippen molar-refractivity contribution < 1.29 is 18.7 Å². The molecule has 0 radical (unpaired) electrons. The van der Waals surface area contributed by atoms with E-state index in [4.69, 9.17) is 16.3 Å². The normalized spacial score (nSPS) is 10.2. The smallest absolute Gasteiger partial charge is 0.255 e. The Hall–Kier alpha value is -3.38. The molecule has 0 fully saturated rings. The summed E-state index contributed by atoms with van der Waals surface area (Å²) in [6.07, 6.45) is 0. The second-order valence-corrected chi connectivity index (χ2v) is 6.22. The number of hydrogen-bond acceptors (Lipinski definition) is 3. The van der Waals surface area contributed by atoms with Crippen molar-refractivity contribution in [2.24, 2.45) is 0 Å². The van der Waals surface area contributed by atoms with Gasteiger partial charge in [0.15, 0.2) is 0 Å². The number of carbonyl (C=O) groups excluding carboxylic acids is 2. The Morgan fingerprint density at radius 1 is 0.893 bits per heavy atom. The molecule has 7 heteroatoms. The molecule has 0 unspecified atom stereocenters. The van der Waals surface area contributed by atoms with Crippen LogP contribution in [0.5, 0.6) is 5.75 Å². The summed E-state index contributed by atoms with van der Waals surface area (Å²) >= 11 is 5.71. The maximum absolute atomic E-state index is 13.2. The van der Waals surface area contributed by atoms with Crippen LogP contribution < -0.4 is 15.4 Å². The Morgan fingerprint density at radius 3 is 2.11 bits per heavy atom. The third kappa shape index (κ3) is 4.47. The molecule has 0 spiro atoms. The molecule has 5 nitrogen and oxygen atoms in total. The Bertz CT molecular complexity index is 1020. The number of benzene rings is 3. The van der Waals surface area contributed by atoms with Crippen molar-refractivity contribution in [3.05, 3.63) is 88.7 Å². The van der Waals surface area contributed by atoms with Gasteiger partial charge in [-0.3, -0.25) is 9.59 Å². The molecule has 3 aromatic carbocycles. The molecule has 28 heavy (non-hydrogen) atoms. The number of carbonyl (C=O) groups is 2. The molecule has 0 aromatic heterocycles. The number of methoxy groups -OCH3 is 1. The van der Waals surface area contributed by atoms with Crippen molar-refractivity contribution in [2.75, 3.05) is 17.7 Å². The fraction of sp³-hybridized carbons (Fsp3) is 0.0476. The van der Waals surface area contributed by atoms with E-state index in [0.29, 0.717) is 28.3 Å². The molecule has 0 atom stereocenters. The van der Waals surface area contributed by atoms with Crippen molar-refractivity contribution >= 4 is 34.8 Å². The van der Waals surface area contributed by atoms with E-state index in [0.717, 1.165) is 0 Å². The lowest BCUT2D eigenvalue weighted by molar-refractivity contribution is 0.101. The van der Waals surface area contributed by atoms with Gasteiger partial charge in [0.2, 0.25) is 0 Å². The summed E-state index contributed by atoms with van der Waals surface area (Å²) in [6.45, 7) is 0. The molecule has 0 aliphatic heterocycles. The van der Waals surface area contributed by atoms with Crippen LogP contribution in [0.15, 0.2) is 66.7 Å². The standard InChI is InChI=1S/C21H16ClFN2O3/c1-28-19-5-3-2-4-18(19)25-21(27)14-8-6-13(7-9-14)20(26)24-15-10-11-17(23)16(22)12-15/h2-12H,1H3,(H,24,26)(H,25,27). The second-order valence-electron chi connectivity index (χ2n) is 5.81. The lowest BCUT2D eigenvalue weighted by Crippen LogP contribution is -2.14. The number of ether oxygens (including phenoxy) is 1. The van der Waals surface area contributed by atoms with Gasteiger partial charge >= 0.3 is 0 Å². The largest absolute Gasteiger partial charge is 0.495 e. The van der Waals surface area contributed by atoms with Gasteiger partial charge in [-0.2, -0.15) is 0 Å². The number of nitrogens with one attached hydrogen (secondary N) is 2. The first-order valence-electron chi connectivity index (χ1n) is 8.29.